The van der Waals surface area contributed by atoms with Gasteiger partial charge in [0.05, 0.1) is 17.1 Å². The molecule has 12 rings (SSSR count). The van der Waals surface area contributed by atoms with Crippen molar-refractivity contribution in [2.75, 3.05) is 9.80 Å². The van der Waals surface area contributed by atoms with Gasteiger partial charge in [-0.3, -0.25) is 0 Å². The molecule has 7 aromatic carbocycles. The second-order valence-electron chi connectivity index (χ2n) is 14.5. The van der Waals surface area contributed by atoms with E-state index in [9.17, 15) is 0 Å². The van der Waals surface area contributed by atoms with Gasteiger partial charge in [0.25, 0.3) is 0 Å². The summed E-state index contributed by atoms with van der Waals surface area (Å²) < 4.78 is 11.4. The number of rotatable bonds is 6. The van der Waals surface area contributed by atoms with Gasteiger partial charge in [0.2, 0.25) is 0 Å². The molecule has 0 atom stereocenters. The average molecular weight is 952 g/mol. The topological polar surface area (TPSA) is 51.4 Å². The number of pyridine rings is 2. The summed E-state index contributed by atoms with van der Waals surface area (Å²) in [4.78, 5) is 14.1. The molecule has 0 unspecified atom stereocenters. The van der Waals surface area contributed by atoms with Gasteiger partial charge >= 0.3 is 21.1 Å². The minimum Gasteiger partial charge on any atom is -0.451 e. The van der Waals surface area contributed by atoms with Gasteiger partial charge in [0, 0.05) is 29.1 Å². The third-order valence-electron chi connectivity index (χ3n) is 11.2. The Morgan fingerprint density at radius 1 is 0.450 bits per heavy atom. The summed E-state index contributed by atoms with van der Waals surface area (Å²) in [6.45, 7) is 0. The van der Waals surface area contributed by atoms with Crippen molar-refractivity contribution in [3.05, 3.63) is 207 Å². The van der Waals surface area contributed by atoms with Crippen LogP contribution in [-0.4, -0.2) is 19.1 Å². The van der Waals surface area contributed by atoms with Gasteiger partial charge in [-0.05, 0) is 83.6 Å². The molecule has 0 spiro atoms. The quantitative estimate of drug-likeness (QED) is 0.155. The van der Waals surface area contributed by atoms with E-state index in [4.69, 9.17) is 14.7 Å². The predicted octanol–water partition coefficient (Wildman–Crippen LogP) is 13.3. The Morgan fingerprint density at radius 3 is 1.58 bits per heavy atom. The zero-order valence-electron chi connectivity index (χ0n) is 31.9. The van der Waals surface area contributed by atoms with Gasteiger partial charge in [0.15, 0.2) is 11.5 Å². The van der Waals surface area contributed by atoms with E-state index in [1.165, 1.54) is 0 Å². The van der Waals surface area contributed by atoms with Crippen molar-refractivity contribution in [3.63, 3.8) is 0 Å². The molecule has 0 bridgehead atoms. The standard InChI is InChI=1S/C52H32N6O.Pt/c1-2-15-35(16-3-1)56-44-21-8-9-24-49(44)59-52-45(22-14-23-46(52)56)55(36-27-29-40-38-17-4-6-19-42(38)57(47(40)33-36)50-25-10-12-31-53-50)37-28-30-41-39-18-5-7-20-43(39)58(48(41)34-37)51-26-11-13-32-54-51;/h1-32H;/q-2;+2. The maximum Gasteiger partial charge on any atom is 2.00 e. The Morgan fingerprint density at radius 2 is 0.983 bits per heavy atom. The first kappa shape index (κ1) is 35.7. The van der Waals surface area contributed by atoms with Crippen LogP contribution in [0.1, 0.15) is 0 Å². The van der Waals surface area contributed by atoms with E-state index >= 15 is 0 Å². The van der Waals surface area contributed by atoms with Gasteiger partial charge in [-0.2, -0.15) is 12.1 Å². The van der Waals surface area contributed by atoms with Crippen LogP contribution in [0.5, 0.6) is 11.5 Å². The molecule has 5 heterocycles. The van der Waals surface area contributed by atoms with E-state index in [-0.39, 0.29) is 21.1 Å². The molecule has 7 nitrogen and oxygen atoms in total. The van der Waals surface area contributed by atoms with Gasteiger partial charge in [-0.1, -0.05) is 107 Å². The molecule has 1 aliphatic rings. The van der Waals surface area contributed by atoms with Crippen LogP contribution in [0.3, 0.4) is 0 Å². The first-order valence-electron chi connectivity index (χ1n) is 19.6. The molecular weight excluding hydrogens is 920 g/mol. The molecule has 4 aromatic heterocycles. The molecule has 0 radical (unpaired) electrons. The van der Waals surface area contributed by atoms with Crippen LogP contribution in [-0.2, 0) is 21.1 Å². The predicted molar refractivity (Wildman–Crippen MR) is 238 cm³/mol. The Kier molecular flexibility index (Phi) is 8.57. The van der Waals surface area contributed by atoms with Crippen LogP contribution in [0, 0.1) is 12.1 Å². The monoisotopic (exact) mass is 951 g/mol. The maximum absolute atomic E-state index is 7.00. The van der Waals surface area contributed by atoms with E-state index < -0.39 is 0 Å². The van der Waals surface area contributed by atoms with E-state index in [1.807, 2.05) is 67.0 Å². The minimum atomic E-state index is 0. The second-order valence-corrected chi connectivity index (χ2v) is 14.5. The average Bonchev–Trinajstić information content (AvgIpc) is 3.81. The molecule has 0 saturated heterocycles. The Labute approximate surface area is 360 Å². The Balaban J connectivity index is 0.00000408. The molecule has 60 heavy (non-hydrogen) atoms. The molecule has 11 aromatic rings. The largest absolute Gasteiger partial charge is 2.00 e. The van der Waals surface area contributed by atoms with Crippen molar-refractivity contribution in [3.8, 4) is 23.1 Å². The van der Waals surface area contributed by atoms with E-state index in [0.717, 1.165) is 95.1 Å². The summed E-state index contributed by atoms with van der Waals surface area (Å²) in [5.74, 6) is 3.12. The van der Waals surface area contributed by atoms with Crippen molar-refractivity contribution < 1.29 is 25.8 Å². The van der Waals surface area contributed by atoms with E-state index in [0.29, 0.717) is 5.75 Å². The summed E-state index contributed by atoms with van der Waals surface area (Å²) in [5, 5.41) is 4.43. The number of hydrogen-bond acceptors (Lipinski definition) is 5. The van der Waals surface area contributed by atoms with Crippen LogP contribution in [0.2, 0.25) is 0 Å². The Bertz CT molecular complexity index is 3230. The molecular formula is C52H32N6OPt. The SMILES string of the molecule is [Pt+2].[c-]1c(N(c2[c-]c3c(cc2)c2ccccc2n3-c2ccccn2)c2cccc3c2Oc2ccccc2N3c2ccccc2)ccc2c3ccccc3n(-c3ccccn3)c12. The molecule has 286 valence electrons. The normalized spacial score (nSPS) is 12.0. The van der Waals surface area contributed by atoms with Crippen LogP contribution in [0.15, 0.2) is 194 Å². The zero-order chi connectivity index (χ0) is 38.9. The van der Waals surface area contributed by atoms with Crippen LogP contribution >= 0.6 is 0 Å². The fraction of sp³-hybridized carbons (Fsp3) is 0. The number of anilines is 6. The number of hydrogen-bond donors (Lipinski definition) is 0. The fourth-order valence-corrected chi connectivity index (χ4v) is 8.66. The van der Waals surface area contributed by atoms with E-state index in [1.54, 1.807) is 0 Å². The first-order valence-corrected chi connectivity index (χ1v) is 19.6. The molecule has 0 fully saturated rings. The first-order chi connectivity index (χ1) is 29.3. The number of ether oxygens (including phenoxy) is 1. The van der Waals surface area contributed by atoms with Crippen molar-refractivity contribution in [2.45, 2.75) is 0 Å². The number of fused-ring (bicyclic) bond motifs is 8. The van der Waals surface area contributed by atoms with Crippen molar-refractivity contribution >= 4 is 77.7 Å². The zero-order valence-corrected chi connectivity index (χ0v) is 34.2. The smallest absolute Gasteiger partial charge is 0.451 e. The number of para-hydroxylation sites is 6. The maximum atomic E-state index is 7.00. The van der Waals surface area contributed by atoms with Crippen molar-refractivity contribution in [1.82, 2.24) is 19.1 Å². The van der Waals surface area contributed by atoms with Gasteiger partial charge in [-0.25, -0.2) is 9.97 Å². The van der Waals surface area contributed by atoms with Crippen LogP contribution < -0.4 is 14.5 Å². The summed E-state index contributed by atoms with van der Waals surface area (Å²) in [6, 6.07) is 70.4. The van der Waals surface area contributed by atoms with E-state index in [2.05, 4.69) is 158 Å². The molecule has 0 saturated carbocycles. The number of benzene rings is 7. The van der Waals surface area contributed by atoms with Crippen molar-refractivity contribution in [1.29, 1.82) is 0 Å². The van der Waals surface area contributed by atoms with Gasteiger partial charge in [0.1, 0.15) is 11.6 Å². The summed E-state index contributed by atoms with van der Waals surface area (Å²) in [6.07, 6.45) is 3.67. The van der Waals surface area contributed by atoms with Crippen LogP contribution in [0.4, 0.5) is 34.1 Å². The third-order valence-corrected chi connectivity index (χ3v) is 11.2. The summed E-state index contributed by atoms with van der Waals surface area (Å²) >= 11 is 0. The fourth-order valence-electron chi connectivity index (χ4n) is 8.66. The molecule has 8 heteroatoms. The molecule has 0 N–H and O–H groups in total. The third kappa shape index (κ3) is 5.54. The van der Waals surface area contributed by atoms with Crippen molar-refractivity contribution in [2.24, 2.45) is 0 Å². The minimum absolute atomic E-state index is 0. The summed E-state index contributed by atoms with van der Waals surface area (Å²) in [7, 11) is 0. The van der Waals surface area contributed by atoms with Crippen LogP contribution in [0.25, 0.3) is 55.2 Å². The molecule has 0 aliphatic carbocycles. The molecule has 0 amide bonds. The number of aromatic nitrogens is 4. The second kappa shape index (κ2) is 14.4. The van der Waals surface area contributed by atoms with Gasteiger partial charge < -0.3 is 23.7 Å². The number of nitrogens with zero attached hydrogens (tertiary/aromatic N) is 6. The summed E-state index contributed by atoms with van der Waals surface area (Å²) in [5.41, 5.74) is 9.34. The molecule has 1 aliphatic heterocycles. The van der Waals surface area contributed by atoms with Gasteiger partial charge in [-0.15, -0.1) is 35.0 Å². The Hall–Kier alpha value is -7.47.